The van der Waals surface area contributed by atoms with Crippen LogP contribution in [0.2, 0.25) is 0 Å². The molecular formula is C18H29N3O5S. The van der Waals surface area contributed by atoms with Crippen LogP contribution in [0.1, 0.15) is 58.8 Å². The second kappa shape index (κ2) is 7.41. The van der Waals surface area contributed by atoms with Crippen LogP contribution < -0.4 is 5.32 Å². The van der Waals surface area contributed by atoms with E-state index in [1.54, 1.807) is 4.90 Å². The largest absolute Gasteiger partial charge is 0.334 e. The first-order chi connectivity index (χ1) is 12.7. The third-order valence-electron chi connectivity index (χ3n) is 6.20. The van der Waals surface area contributed by atoms with Crippen LogP contribution in [0.15, 0.2) is 0 Å². The molecule has 2 atom stereocenters. The molecule has 2 aliphatic heterocycles. The standard InChI is InChI=1S/C18H29N3O5S/c1-3-13(2)21(14-7-10-27(25,26)12-14)15(22)11-20-16(23)18(19-17(20)24)8-5-4-6-9-18/h13-14H,3-12H2,1-2H3,(H,19,24). The fourth-order valence-electron chi connectivity index (χ4n) is 4.53. The highest BCUT2D eigenvalue weighted by Crippen LogP contribution is 2.33. The summed E-state index contributed by atoms with van der Waals surface area (Å²) in [7, 11) is -3.14. The Kier molecular flexibility index (Phi) is 5.52. The summed E-state index contributed by atoms with van der Waals surface area (Å²) in [6, 6.07) is -1.06. The van der Waals surface area contributed by atoms with Crippen molar-refractivity contribution in [3.63, 3.8) is 0 Å². The minimum Gasteiger partial charge on any atom is -0.334 e. The number of nitrogens with zero attached hydrogens (tertiary/aromatic N) is 2. The summed E-state index contributed by atoms with van der Waals surface area (Å²) >= 11 is 0. The molecule has 0 bridgehead atoms. The second-order valence-corrected chi connectivity index (χ2v) is 10.3. The summed E-state index contributed by atoms with van der Waals surface area (Å²) in [6.07, 6.45) is 5.10. The Hall–Kier alpha value is -1.64. The molecule has 1 spiro atoms. The van der Waals surface area contributed by atoms with Crippen molar-refractivity contribution in [2.45, 2.75) is 76.4 Å². The van der Waals surface area contributed by atoms with Crippen molar-refractivity contribution in [1.29, 1.82) is 0 Å². The van der Waals surface area contributed by atoms with Gasteiger partial charge in [-0.05, 0) is 32.6 Å². The van der Waals surface area contributed by atoms with Gasteiger partial charge in [0.1, 0.15) is 12.1 Å². The summed E-state index contributed by atoms with van der Waals surface area (Å²) < 4.78 is 23.7. The summed E-state index contributed by atoms with van der Waals surface area (Å²) in [6.45, 7) is 3.48. The van der Waals surface area contributed by atoms with Gasteiger partial charge in [-0.15, -0.1) is 0 Å². The van der Waals surface area contributed by atoms with E-state index in [9.17, 15) is 22.8 Å². The fourth-order valence-corrected chi connectivity index (χ4v) is 6.24. The summed E-state index contributed by atoms with van der Waals surface area (Å²) in [5.74, 6) is -0.649. The monoisotopic (exact) mass is 399 g/mol. The van der Waals surface area contributed by atoms with E-state index in [-0.39, 0.29) is 41.9 Å². The lowest BCUT2D eigenvalue weighted by atomic mass is 9.82. The van der Waals surface area contributed by atoms with E-state index in [0.717, 1.165) is 24.2 Å². The zero-order valence-corrected chi connectivity index (χ0v) is 16.9. The van der Waals surface area contributed by atoms with Gasteiger partial charge in [-0.25, -0.2) is 13.2 Å². The molecule has 2 heterocycles. The van der Waals surface area contributed by atoms with Gasteiger partial charge >= 0.3 is 6.03 Å². The number of sulfone groups is 1. The van der Waals surface area contributed by atoms with Gasteiger partial charge in [0.25, 0.3) is 5.91 Å². The lowest BCUT2D eigenvalue weighted by Crippen LogP contribution is -2.52. The van der Waals surface area contributed by atoms with Gasteiger partial charge in [0.05, 0.1) is 11.5 Å². The van der Waals surface area contributed by atoms with Crippen molar-refractivity contribution >= 4 is 27.7 Å². The Morgan fingerprint density at radius 2 is 1.96 bits per heavy atom. The molecule has 2 saturated heterocycles. The smallest absolute Gasteiger partial charge is 0.325 e. The third kappa shape index (κ3) is 3.83. The van der Waals surface area contributed by atoms with Gasteiger partial charge < -0.3 is 10.2 Å². The number of carbonyl (C=O) groups excluding carboxylic acids is 3. The van der Waals surface area contributed by atoms with Gasteiger partial charge in [0.15, 0.2) is 9.84 Å². The van der Waals surface area contributed by atoms with E-state index >= 15 is 0 Å². The molecule has 3 aliphatic rings. The lowest BCUT2D eigenvalue weighted by molar-refractivity contribution is -0.142. The van der Waals surface area contributed by atoms with Crippen molar-refractivity contribution in [2.75, 3.05) is 18.1 Å². The van der Waals surface area contributed by atoms with Crippen molar-refractivity contribution in [3.8, 4) is 0 Å². The van der Waals surface area contributed by atoms with Gasteiger partial charge in [0, 0.05) is 12.1 Å². The number of hydrogen-bond acceptors (Lipinski definition) is 5. The van der Waals surface area contributed by atoms with Crippen molar-refractivity contribution in [1.82, 2.24) is 15.1 Å². The SMILES string of the molecule is CCC(C)N(C(=O)CN1C(=O)NC2(CCCCC2)C1=O)C1CCS(=O)(=O)C1. The predicted molar refractivity (Wildman–Crippen MR) is 99.7 cm³/mol. The molecule has 9 heteroatoms. The van der Waals surface area contributed by atoms with Crippen LogP contribution in [0.5, 0.6) is 0 Å². The number of nitrogens with one attached hydrogen (secondary N) is 1. The van der Waals surface area contributed by atoms with Crippen LogP contribution in [0.3, 0.4) is 0 Å². The highest BCUT2D eigenvalue weighted by atomic mass is 32.2. The molecular weight excluding hydrogens is 370 g/mol. The number of rotatable bonds is 5. The van der Waals surface area contributed by atoms with Crippen LogP contribution in [0, 0.1) is 0 Å². The van der Waals surface area contributed by atoms with Crippen LogP contribution in [0.25, 0.3) is 0 Å². The molecule has 0 radical (unpaired) electrons. The molecule has 27 heavy (non-hydrogen) atoms. The molecule has 0 aromatic rings. The molecule has 1 N–H and O–H groups in total. The maximum atomic E-state index is 13.0. The fraction of sp³-hybridized carbons (Fsp3) is 0.833. The third-order valence-corrected chi connectivity index (χ3v) is 7.95. The van der Waals surface area contributed by atoms with E-state index < -0.39 is 21.4 Å². The molecule has 3 rings (SSSR count). The molecule has 8 nitrogen and oxygen atoms in total. The number of amides is 4. The summed E-state index contributed by atoms with van der Waals surface area (Å²) in [4.78, 5) is 40.9. The minimum atomic E-state index is -3.14. The summed E-state index contributed by atoms with van der Waals surface area (Å²) in [5.41, 5.74) is -0.854. The molecule has 2 unspecified atom stereocenters. The van der Waals surface area contributed by atoms with E-state index in [4.69, 9.17) is 0 Å². The quantitative estimate of drug-likeness (QED) is 0.696. The van der Waals surface area contributed by atoms with Gasteiger partial charge in [-0.3, -0.25) is 14.5 Å². The number of hydrogen-bond donors (Lipinski definition) is 1. The Balaban J connectivity index is 1.75. The summed E-state index contributed by atoms with van der Waals surface area (Å²) in [5, 5.41) is 2.81. The van der Waals surface area contributed by atoms with Crippen molar-refractivity contribution in [3.05, 3.63) is 0 Å². The highest BCUT2D eigenvalue weighted by Gasteiger charge is 2.52. The first-order valence-electron chi connectivity index (χ1n) is 9.85. The first-order valence-corrected chi connectivity index (χ1v) is 11.7. The van der Waals surface area contributed by atoms with Crippen molar-refractivity contribution < 1.29 is 22.8 Å². The highest BCUT2D eigenvalue weighted by molar-refractivity contribution is 7.91. The molecule has 0 aromatic heterocycles. The van der Waals surface area contributed by atoms with Crippen LogP contribution in [-0.4, -0.2) is 71.7 Å². The normalized spacial score (nSPS) is 27.6. The molecule has 1 saturated carbocycles. The van der Waals surface area contributed by atoms with E-state index in [2.05, 4.69) is 5.32 Å². The Morgan fingerprint density at radius 1 is 1.30 bits per heavy atom. The number of urea groups is 1. The van der Waals surface area contributed by atoms with E-state index in [1.165, 1.54) is 0 Å². The topological polar surface area (TPSA) is 104 Å². The van der Waals surface area contributed by atoms with Gasteiger partial charge in [-0.2, -0.15) is 0 Å². The first kappa shape index (κ1) is 20.1. The minimum absolute atomic E-state index is 0.0485. The maximum absolute atomic E-state index is 13.0. The van der Waals surface area contributed by atoms with Crippen molar-refractivity contribution in [2.24, 2.45) is 0 Å². The second-order valence-electron chi connectivity index (χ2n) is 8.08. The molecule has 4 amide bonds. The molecule has 3 fully saturated rings. The zero-order valence-electron chi connectivity index (χ0n) is 16.1. The molecule has 152 valence electrons. The lowest BCUT2D eigenvalue weighted by Gasteiger charge is -2.35. The Bertz CT molecular complexity index is 729. The number of carbonyl (C=O) groups is 3. The van der Waals surface area contributed by atoms with Gasteiger partial charge in [0.2, 0.25) is 5.91 Å². The maximum Gasteiger partial charge on any atom is 0.325 e. The molecule has 0 aromatic carbocycles. The molecule has 1 aliphatic carbocycles. The van der Waals surface area contributed by atoms with Crippen LogP contribution in [-0.2, 0) is 19.4 Å². The Morgan fingerprint density at radius 3 is 2.52 bits per heavy atom. The average Bonchev–Trinajstić information content (AvgIpc) is 3.08. The Labute approximate surface area is 160 Å². The number of imide groups is 1. The van der Waals surface area contributed by atoms with E-state index in [0.29, 0.717) is 25.7 Å². The zero-order chi connectivity index (χ0) is 19.8. The van der Waals surface area contributed by atoms with Gasteiger partial charge in [-0.1, -0.05) is 26.2 Å². The van der Waals surface area contributed by atoms with Crippen LogP contribution in [0.4, 0.5) is 4.79 Å². The predicted octanol–water partition coefficient (Wildman–Crippen LogP) is 1.06. The van der Waals surface area contributed by atoms with E-state index in [1.807, 2.05) is 13.8 Å². The average molecular weight is 400 g/mol. The van der Waals surface area contributed by atoms with Crippen LogP contribution >= 0.6 is 0 Å².